The van der Waals surface area contributed by atoms with Crippen molar-refractivity contribution in [2.75, 3.05) is 18.6 Å². The van der Waals surface area contributed by atoms with Crippen molar-refractivity contribution >= 4 is 23.6 Å². The van der Waals surface area contributed by atoms with Gasteiger partial charge in [-0.05, 0) is 25.4 Å². The first-order valence-corrected chi connectivity index (χ1v) is 6.50. The molecule has 0 aliphatic rings. The van der Waals surface area contributed by atoms with E-state index in [0.29, 0.717) is 19.4 Å². The van der Waals surface area contributed by atoms with Gasteiger partial charge >= 0.3 is 5.97 Å². The van der Waals surface area contributed by atoms with E-state index in [4.69, 9.17) is 4.74 Å². The fraction of sp³-hybridized carbons (Fsp3) is 0.800. The second-order valence-electron chi connectivity index (χ2n) is 3.01. The first-order valence-electron chi connectivity index (χ1n) is 5.10. The van der Waals surface area contributed by atoms with Crippen LogP contribution in [0, 0.1) is 0 Å². The number of carbonyl (C=O) groups is 2. The van der Waals surface area contributed by atoms with Crippen molar-refractivity contribution in [2.45, 2.75) is 32.7 Å². The van der Waals surface area contributed by atoms with Gasteiger partial charge in [0.1, 0.15) is 6.04 Å². The molecule has 1 N–H and O–H groups in total. The summed E-state index contributed by atoms with van der Waals surface area (Å²) in [5.41, 5.74) is 0. The quantitative estimate of drug-likeness (QED) is 0.671. The largest absolute Gasteiger partial charge is 0.464 e. The summed E-state index contributed by atoms with van der Waals surface area (Å²) in [4.78, 5) is 22.6. The molecule has 0 unspecified atom stereocenters. The lowest BCUT2D eigenvalue weighted by Gasteiger charge is -2.16. The number of esters is 1. The zero-order chi connectivity index (χ0) is 11.7. The molecule has 5 heteroatoms. The van der Waals surface area contributed by atoms with Gasteiger partial charge in [0.05, 0.1) is 6.61 Å². The summed E-state index contributed by atoms with van der Waals surface area (Å²) in [6, 6.07) is -0.496. The highest BCUT2D eigenvalue weighted by Gasteiger charge is 2.20. The molecule has 0 bridgehead atoms. The molecule has 0 fully saturated rings. The minimum absolute atomic E-state index is 0.117. The summed E-state index contributed by atoms with van der Waals surface area (Å²) in [6.45, 7) is 3.86. The van der Waals surface area contributed by atoms with Crippen LogP contribution in [-0.4, -0.2) is 36.5 Å². The Morgan fingerprint density at radius 2 is 2.07 bits per heavy atom. The van der Waals surface area contributed by atoms with Crippen LogP contribution in [0.15, 0.2) is 0 Å². The zero-order valence-corrected chi connectivity index (χ0v) is 10.4. The van der Waals surface area contributed by atoms with E-state index in [0.717, 1.165) is 5.75 Å². The van der Waals surface area contributed by atoms with Crippen LogP contribution >= 0.6 is 11.8 Å². The van der Waals surface area contributed by atoms with Crippen LogP contribution < -0.4 is 5.32 Å². The Balaban J connectivity index is 4.16. The predicted octanol–water partition coefficient (Wildman–Crippen LogP) is 1.20. The number of nitrogens with one attached hydrogen (secondary N) is 1. The molecular weight excluding hydrogens is 214 g/mol. The minimum Gasteiger partial charge on any atom is -0.464 e. The van der Waals surface area contributed by atoms with Gasteiger partial charge in [-0.25, -0.2) is 4.79 Å². The molecule has 0 spiro atoms. The smallest absolute Gasteiger partial charge is 0.328 e. The van der Waals surface area contributed by atoms with E-state index in [9.17, 15) is 9.59 Å². The molecule has 0 radical (unpaired) electrons. The van der Waals surface area contributed by atoms with Crippen LogP contribution in [-0.2, 0) is 14.3 Å². The molecule has 0 rings (SSSR count). The molecule has 88 valence electrons. The normalized spacial score (nSPS) is 11.9. The Kier molecular flexibility index (Phi) is 8.18. The number of rotatable bonds is 7. The highest BCUT2D eigenvalue weighted by atomic mass is 32.2. The van der Waals surface area contributed by atoms with Gasteiger partial charge in [-0.2, -0.15) is 11.8 Å². The van der Waals surface area contributed by atoms with Crippen molar-refractivity contribution in [1.82, 2.24) is 5.32 Å². The average molecular weight is 233 g/mol. The Hall–Kier alpha value is -0.710. The van der Waals surface area contributed by atoms with E-state index in [1.807, 2.05) is 6.26 Å². The number of hydrogen-bond acceptors (Lipinski definition) is 4. The number of amides is 1. The third kappa shape index (κ3) is 6.38. The van der Waals surface area contributed by atoms with Crippen LogP contribution in [0.5, 0.6) is 0 Å². The van der Waals surface area contributed by atoms with Crippen LogP contribution in [0.4, 0.5) is 0 Å². The average Bonchev–Trinajstić information content (AvgIpc) is 2.24. The molecular formula is C10H19NO3S. The Morgan fingerprint density at radius 1 is 1.40 bits per heavy atom. The van der Waals surface area contributed by atoms with Crippen molar-refractivity contribution in [3.05, 3.63) is 0 Å². The third-order valence-electron chi connectivity index (χ3n) is 1.84. The molecule has 0 aliphatic carbocycles. The standard InChI is InChI=1S/C10H19NO3S/c1-4-9(12)11-8(6-7-15-3)10(13)14-5-2/h8H,4-7H2,1-3H3,(H,11,12)/t8-/m0/s1. The Morgan fingerprint density at radius 3 is 2.53 bits per heavy atom. The Labute approximate surface area is 95.1 Å². The van der Waals surface area contributed by atoms with Crippen molar-refractivity contribution in [2.24, 2.45) is 0 Å². The monoisotopic (exact) mass is 233 g/mol. The van der Waals surface area contributed by atoms with E-state index >= 15 is 0 Å². The van der Waals surface area contributed by atoms with Gasteiger partial charge < -0.3 is 10.1 Å². The zero-order valence-electron chi connectivity index (χ0n) is 9.54. The van der Waals surface area contributed by atoms with Crippen LogP contribution in [0.25, 0.3) is 0 Å². The van der Waals surface area contributed by atoms with Crippen LogP contribution in [0.2, 0.25) is 0 Å². The maximum absolute atomic E-state index is 11.5. The molecule has 0 saturated heterocycles. The molecule has 0 saturated carbocycles. The molecule has 15 heavy (non-hydrogen) atoms. The number of ether oxygens (including phenoxy) is 1. The summed E-state index contributed by atoms with van der Waals surface area (Å²) in [5.74, 6) is 0.371. The maximum atomic E-state index is 11.5. The minimum atomic E-state index is -0.496. The second-order valence-corrected chi connectivity index (χ2v) is 3.99. The summed E-state index contributed by atoms with van der Waals surface area (Å²) in [5, 5.41) is 2.66. The fourth-order valence-corrected chi connectivity index (χ4v) is 1.50. The van der Waals surface area contributed by atoms with Crippen molar-refractivity contribution in [3.63, 3.8) is 0 Å². The van der Waals surface area contributed by atoms with E-state index in [-0.39, 0.29) is 11.9 Å². The Bertz CT molecular complexity index is 209. The van der Waals surface area contributed by atoms with E-state index in [2.05, 4.69) is 5.32 Å². The first-order chi connectivity index (χ1) is 7.15. The SMILES string of the molecule is CCOC(=O)[C@H](CCSC)NC(=O)CC. The molecule has 0 aromatic heterocycles. The molecule has 0 heterocycles. The van der Waals surface area contributed by atoms with Crippen molar-refractivity contribution in [3.8, 4) is 0 Å². The van der Waals surface area contributed by atoms with Gasteiger partial charge in [-0.15, -0.1) is 0 Å². The number of carbonyl (C=O) groups excluding carboxylic acids is 2. The van der Waals surface area contributed by atoms with Crippen LogP contribution in [0.3, 0.4) is 0 Å². The molecule has 4 nitrogen and oxygen atoms in total. The lowest BCUT2D eigenvalue weighted by Crippen LogP contribution is -2.42. The maximum Gasteiger partial charge on any atom is 0.328 e. The summed E-state index contributed by atoms with van der Waals surface area (Å²) in [7, 11) is 0. The van der Waals surface area contributed by atoms with Gasteiger partial charge in [0, 0.05) is 6.42 Å². The predicted molar refractivity (Wildman–Crippen MR) is 61.9 cm³/mol. The van der Waals surface area contributed by atoms with Crippen molar-refractivity contribution < 1.29 is 14.3 Å². The fourth-order valence-electron chi connectivity index (χ4n) is 1.02. The molecule has 1 atom stereocenters. The number of thioether (sulfide) groups is 1. The topological polar surface area (TPSA) is 55.4 Å². The summed E-state index contributed by atoms with van der Waals surface area (Å²) in [6.07, 6.45) is 2.96. The molecule has 1 amide bonds. The first kappa shape index (κ1) is 14.3. The highest BCUT2D eigenvalue weighted by molar-refractivity contribution is 7.98. The van der Waals surface area contributed by atoms with Crippen LogP contribution in [0.1, 0.15) is 26.7 Å². The molecule has 0 aromatic rings. The van der Waals surface area contributed by atoms with Gasteiger partial charge in [0.15, 0.2) is 0 Å². The third-order valence-corrected chi connectivity index (χ3v) is 2.48. The van der Waals surface area contributed by atoms with Gasteiger partial charge in [0.2, 0.25) is 5.91 Å². The second kappa shape index (κ2) is 8.59. The summed E-state index contributed by atoms with van der Waals surface area (Å²) >= 11 is 1.64. The summed E-state index contributed by atoms with van der Waals surface area (Å²) < 4.78 is 4.88. The van der Waals surface area contributed by atoms with Gasteiger partial charge in [-0.3, -0.25) is 4.79 Å². The van der Waals surface area contributed by atoms with Gasteiger partial charge in [0.25, 0.3) is 0 Å². The lowest BCUT2D eigenvalue weighted by molar-refractivity contribution is -0.147. The highest BCUT2D eigenvalue weighted by Crippen LogP contribution is 2.03. The number of hydrogen-bond donors (Lipinski definition) is 1. The van der Waals surface area contributed by atoms with Crippen molar-refractivity contribution in [1.29, 1.82) is 0 Å². The molecule has 0 aliphatic heterocycles. The van der Waals surface area contributed by atoms with E-state index in [1.54, 1.807) is 25.6 Å². The lowest BCUT2D eigenvalue weighted by atomic mass is 10.2. The van der Waals surface area contributed by atoms with E-state index < -0.39 is 6.04 Å². The molecule has 0 aromatic carbocycles. The van der Waals surface area contributed by atoms with E-state index in [1.165, 1.54) is 0 Å². The van der Waals surface area contributed by atoms with Gasteiger partial charge in [-0.1, -0.05) is 6.92 Å².